The maximum atomic E-state index is 13.6. The lowest BCUT2D eigenvalue weighted by Crippen LogP contribution is -2.40. The van der Waals surface area contributed by atoms with Crippen molar-refractivity contribution in [2.45, 2.75) is 18.8 Å². The number of H-pyrrole nitrogens is 1. The van der Waals surface area contributed by atoms with E-state index in [2.05, 4.69) is 19.9 Å². The van der Waals surface area contributed by atoms with Gasteiger partial charge in [-0.3, -0.25) is 14.6 Å². The van der Waals surface area contributed by atoms with Gasteiger partial charge >= 0.3 is 0 Å². The van der Waals surface area contributed by atoms with Gasteiger partial charge in [0.05, 0.1) is 11.9 Å². The molecule has 0 saturated carbocycles. The number of nitrogens with zero attached hydrogens (tertiary/aromatic N) is 4. The first-order chi connectivity index (χ1) is 14.6. The molecule has 30 heavy (non-hydrogen) atoms. The zero-order chi connectivity index (χ0) is 20.9. The van der Waals surface area contributed by atoms with Crippen LogP contribution in [-0.4, -0.2) is 50.4 Å². The molecular weight excluding hydrogens is 389 g/mol. The highest BCUT2D eigenvalue weighted by molar-refractivity contribution is 5.77. The third-order valence-electron chi connectivity index (χ3n) is 5.02. The summed E-state index contributed by atoms with van der Waals surface area (Å²) >= 11 is 0. The lowest BCUT2D eigenvalue weighted by Gasteiger charge is -2.31. The predicted octanol–water partition coefficient (Wildman–Crippen LogP) is 2.15. The molecule has 0 atom stereocenters. The lowest BCUT2D eigenvalue weighted by molar-refractivity contribution is -0.134. The van der Waals surface area contributed by atoms with Crippen LogP contribution >= 0.6 is 0 Å². The Morgan fingerprint density at radius 3 is 2.77 bits per heavy atom. The zero-order valence-electron chi connectivity index (χ0n) is 16.1. The van der Waals surface area contributed by atoms with E-state index in [0.29, 0.717) is 43.1 Å². The third-order valence-corrected chi connectivity index (χ3v) is 5.02. The summed E-state index contributed by atoms with van der Waals surface area (Å²) in [7, 11) is 0. The first kappa shape index (κ1) is 19.7. The molecule has 0 unspecified atom stereocenters. The Balaban J connectivity index is 1.37. The summed E-state index contributed by atoms with van der Waals surface area (Å²) in [5.41, 5.74) is 0.918. The van der Waals surface area contributed by atoms with Crippen molar-refractivity contribution < 1.29 is 13.9 Å². The van der Waals surface area contributed by atoms with Gasteiger partial charge in [0.1, 0.15) is 5.69 Å². The Hall–Kier alpha value is -3.62. The number of benzene rings is 1. The number of nitrogens with one attached hydrogen (secondary N) is 1. The van der Waals surface area contributed by atoms with Gasteiger partial charge in [-0.25, -0.2) is 14.4 Å². The van der Waals surface area contributed by atoms with Gasteiger partial charge in [-0.2, -0.15) is 0 Å². The van der Waals surface area contributed by atoms with Crippen molar-refractivity contribution in [2.24, 2.45) is 0 Å². The number of hydrogen-bond donors (Lipinski definition) is 1. The number of amides is 1. The van der Waals surface area contributed by atoms with Crippen LogP contribution in [0, 0.1) is 5.82 Å². The molecule has 9 heteroatoms. The molecule has 0 spiro atoms. The first-order valence-corrected chi connectivity index (χ1v) is 9.63. The fourth-order valence-corrected chi connectivity index (χ4v) is 3.45. The Morgan fingerprint density at radius 1 is 1.23 bits per heavy atom. The SMILES string of the molecule is O=C(COc1ccccc1F)N1CCC(c2cc(=O)[nH]c(-c3cnccn3)n2)CC1. The van der Waals surface area contributed by atoms with E-state index in [1.54, 1.807) is 29.4 Å². The third kappa shape index (κ3) is 4.51. The number of likely N-dealkylation sites (tertiary alicyclic amines) is 1. The standard InChI is InChI=1S/C21H20FN5O3/c22-15-3-1-2-4-18(15)30-13-20(29)27-9-5-14(6-10-27)16-11-19(28)26-21(25-16)17-12-23-7-8-24-17/h1-4,7-8,11-12,14H,5-6,9-10,13H2,(H,25,26,28). The fraction of sp³-hybridized carbons (Fsp3) is 0.286. The molecule has 1 aromatic carbocycles. The molecule has 2 aromatic heterocycles. The summed E-state index contributed by atoms with van der Waals surface area (Å²) in [4.78, 5) is 41.6. The molecule has 1 aliphatic heterocycles. The summed E-state index contributed by atoms with van der Waals surface area (Å²) in [5.74, 6) is -0.203. The molecule has 0 radical (unpaired) electrons. The Kier molecular flexibility index (Phi) is 5.78. The van der Waals surface area contributed by atoms with Gasteiger partial charge in [-0.05, 0) is 25.0 Å². The highest BCUT2D eigenvalue weighted by atomic mass is 19.1. The fourth-order valence-electron chi connectivity index (χ4n) is 3.45. The van der Waals surface area contributed by atoms with E-state index >= 15 is 0 Å². The minimum absolute atomic E-state index is 0.0549. The first-order valence-electron chi connectivity index (χ1n) is 9.63. The number of rotatable bonds is 5. The van der Waals surface area contributed by atoms with Crippen LogP contribution in [0.25, 0.3) is 11.5 Å². The van der Waals surface area contributed by atoms with E-state index in [0.717, 1.165) is 0 Å². The monoisotopic (exact) mass is 409 g/mol. The molecular formula is C21H20FN5O3. The van der Waals surface area contributed by atoms with E-state index in [4.69, 9.17) is 4.74 Å². The van der Waals surface area contributed by atoms with Crippen molar-refractivity contribution in [1.29, 1.82) is 0 Å². The molecule has 154 valence electrons. The topological polar surface area (TPSA) is 101 Å². The molecule has 1 N–H and O–H groups in total. The Labute approximate surface area is 171 Å². The minimum atomic E-state index is -0.497. The second-order valence-corrected chi connectivity index (χ2v) is 6.98. The molecule has 4 rings (SSSR count). The van der Waals surface area contributed by atoms with E-state index in [9.17, 15) is 14.0 Å². The molecule has 3 aromatic rings. The molecule has 1 saturated heterocycles. The van der Waals surface area contributed by atoms with Crippen molar-refractivity contribution >= 4 is 5.91 Å². The smallest absolute Gasteiger partial charge is 0.260 e. The van der Waals surface area contributed by atoms with Gasteiger partial charge in [0, 0.05) is 37.5 Å². The maximum absolute atomic E-state index is 13.6. The highest BCUT2D eigenvalue weighted by Crippen LogP contribution is 2.27. The van der Waals surface area contributed by atoms with E-state index < -0.39 is 5.82 Å². The normalized spacial score (nSPS) is 14.5. The molecule has 1 amide bonds. The van der Waals surface area contributed by atoms with E-state index in [1.165, 1.54) is 24.4 Å². The average molecular weight is 409 g/mol. The van der Waals surface area contributed by atoms with Crippen molar-refractivity contribution in [3.05, 3.63) is 70.8 Å². The Bertz CT molecular complexity index is 1080. The number of carbonyl (C=O) groups excluding carboxylic acids is 1. The molecule has 1 aliphatic rings. The zero-order valence-corrected chi connectivity index (χ0v) is 16.1. The van der Waals surface area contributed by atoms with Crippen molar-refractivity contribution in [3.8, 4) is 17.3 Å². The van der Waals surface area contributed by atoms with Gasteiger partial charge < -0.3 is 14.6 Å². The molecule has 3 heterocycles. The average Bonchev–Trinajstić information content (AvgIpc) is 2.78. The second-order valence-electron chi connectivity index (χ2n) is 6.98. The number of hydrogen-bond acceptors (Lipinski definition) is 6. The van der Waals surface area contributed by atoms with Crippen LogP contribution < -0.4 is 10.3 Å². The summed E-state index contributed by atoms with van der Waals surface area (Å²) in [6.45, 7) is 0.809. The van der Waals surface area contributed by atoms with Gasteiger partial charge in [0.2, 0.25) is 0 Å². The Morgan fingerprint density at radius 2 is 2.03 bits per heavy atom. The van der Waals surface area contributed by atoms with Crippen molar-refractivity contribution in [2.75, 3.05) is 19.7 Å². The van der Waals surface area contributed by atoms with Crippen LogP contribution in [0.2, 0.25) is 0 Å². The summed E-state index contributed by atoms with van der Waals surface area (Å²) in [6, 6.07) is 7.48. The number of piperidine rings is 1. The number of halogens is 1. The second kappa shape index (κ2) is 8.81. The van der Waals surface area contributed by atoms with Crippen LogP contribution in [0.3, 0.4) is 0 Å². The summed E-state index contributed by atoms with van der Waals surface area (Å²) in [6.07, 6.45) is 5.96. The number of aromatic nitrogens is 4. The van der Waals surface area contributed by atoms with Gasteiger partial charge in [-0.1, -0.05) is 12.1 Å². The van der Waals surface area contributed by atoms with Gasteiger partial charge in [0.25, 0.3) is 11.5 Å². The summed E-state index contributed by atoms with van der Waals surface area (Å²) < 4.78 is 18.9. The van der Waals surface area contributed by atoms with Crippen molar-refractivity contribution in [3.63, 3.8) is 0 Å². The van der Waals surface area contributed by atoms with Gasteiger partial charge in [-0.15, -0.1) is 0 Å². The maximum Gasteiger partial charge on any atom is 0.260 e. The number of ether oxygens (including phenoxy) is 1. The number of aromatic amines is 1. The van der Waals surface area contributed by atoms with Crippen LogP contribution in [0.1, 0.15) is 24.5 Å². The molecule has 1 fully saturated rings. The number of para-hydroxylation sites is 1. The van der Waals surface area contributed by atoms with E-state index in [1.807, 2.05) is 0 Å². The molecule has 0 bridgehead atoms. The lowest BCUT2D eigenvalue weighted by atomic mass is 9.93. The van der Waals surface area contributed by atoms with Crippen molar-refractivity contribution in [1.82, 2.24) is 24.8 Å². The quantitative estimate of drug-likeness (QED) is 0.693. The van der Waals surface area contributed by atoms with Crippen LogP contribution in [-0.2, 0) is 4.79 Å². The highest BCUT2D eigenvalue weighted by Gasteiger charge is 2.26. The number of carbonyl (C=O) groups is 1. The predicted molar refractivity (Wildman–Crippen MR) is 106 cm³/mol. The summed E-state index contributed by atoms with van der Waals surface area (Å²) in [5, 5.41) is 0. The van der Waals surface area contributed by atoms with E-state index in [-0.39, 0.29) is 29.7 Å². The molecule has 0 aliphatic carbocycles. The minimum Gasteiger partial charge on any atom is -0.481 e. The van der Waals surface area contributed by atoms with Gasteiger partial charge in [0.15, 0.2) is 24.0 Å². The van der Waals surface area contributed by atoms with Crippen LogP contribution in [0.15, 0.2) is 53.7 Å². The van der Waals surface area contributed by atoms with Crippen LogP contribution in [0.5, 0.6) is 5.75 Å². The largest absolute Gasteiger partial charge is 0.481 e. The van der Waals surface area contributed by atoms with Crippen LogP contribution in [0.4, 0.5) is 4.39 Å². The molecule has 8 nitrogen and oxygen atoms in total.